The fourth-order valence-corrected chi connectivity index (χ4v) is 3.80. The summed E-state index contributed by atoms with van der Waals surface area (Å²) in [5.41, 5.74) is 0. The first-order valence-electron chi connectivity index (χ1n) is 6.98. The summed E-state index contributed by atoms with van der Waals surface area (Å²) in [4.78, 5) is 25.3. The van der Waals surface area contributed by atoms with Gasteiger partial charge >= 0.3 is 5.97 Å². The van der Waals surface area contributed by atoms with Crippen LogP contribution in [0, 0.1) is 5.92 Å². The SMILES string of the molecule is O=C(O)C1CC2CCC1N2C(=O)COc1cccc(Br)c1. The quantitative estimate of drug-likeness (QED) is 0.901. The average Bonchev–Trinajstić information content (AvgIpc) is 3.02. The highest BCUT2D eigenvalue weighted by Gasteiger charge is 2.51. The smallest absolute Gasteiger partial charge is 0.308 e. The van der Waals surface area contributed by atoms with Crippen LogP contribution in [0.4, 0.5) is 0 Å². The Balaban J connectivity index is 1.63. The lowest BCUT2D eigenvalue weighted by molar-refractivity contribution is -0.143. The van der Waals surface area contributed by atoms with E-state index in [0.29, 0.717) is 12.2 Å². The van der Waals surface area contributed by atoms with E-state index in [9.17, 15) is 14.7 Å². The van der Waals surface area contributed by atoms with E-state index in [-0.39, 0.29) is 24.6 Å². The maximum absolute atomic E-state index is 12.3. The molecule has 21 heavy (non-hydrogen) atoms. The number of hydrogen-bond donors (Lipinski definition) is 1. The van der Waals surface area contributed by atoms with Gasteiger partial charge in [-0.3, -0.25) is 9.59 Å². The van der Waals surface area contributed by atoms with E-state index in [1.165, 1.54) is 0 Å². The number of benzene rings is 1. The van der Waals surface area contributed by atoms with Gasteiger partial charge in [-0.05, 0) is 37.5 Å². The van der Waals surface area contributed by atoms with Crippen LogP contribution in [0.25, 0.3) is 0 Å². The number of carboxylic acid groups (broad SMARTS) is 1. The third-order valence-electron chi connectivity index (χ3n) is 4.30. The molecule has 2 aliphatic heterocycles. The van der Waals surface area contributed by atoms with Gasteiger partial charge in [-0.15, -0.1) is 0 Å². The normalized spacial score (nSPS) is 26.9. The number of nitrogens with zero attached hydrogens (tertiary/aromatic N) is 1. The van der Waals surface area contributed by atoms with E-state index in [2.05, 4.69) is 15.9 Å². The zero-order valence-corrected chi connectivity index (χ0v) is 13.0. The molecule has 2 fully saturated rings. The van der Waals surface area contributed by atoms with Crippen LogP contribution in [0.1, 0.15) is 19.3 Å². The van der Waals surface area contributed by atoms with Crippen LogP contribution >= 0.6 is 15.9 Å². The molecule has 2 heterocycles. The molecule has 6 heteroatoms. The fourth-order valence-electron chi connectivity index (χ4n) is 3.42. The summed E-state index contributed by atoms with van der Waals surface area (Å²) >= 11 is 3.35. The molecule has 0 aromatic heterocycles. The number of carbonyl (C=O) groups is 2. The van der Waals surface area contributed by atoms with Gasteiger partial charge < -0.3 is 14.7 Å². The second-order valence-corrected chi connectivity index (χ2v) is 6.44. The van der Waals surface area contributed by atoms with Gasteiger partial charge in [0.1, 0.15) is 5.75 Å². The summed E-state index contributed by atoms with van der Waals surface area (Å²) < 4.78 is 6.40. The van der Waals surface area contributed by atoms with Crippen LogP contribution in [0.5, 0.6) is 5.75 Å². The Hall–Kier alpha value is -1.56. The molecule has 1 N–H and O–H groups in total. The third kappa shape index (κ3) is 2.77. The number of carboxylic acids is 1. The second-order valence-electron chi connectivity index (χ2n) is 5.53. The molecule has 2 aliphatic rings. The molecule has 3 atom stereocenters. The van der Waals surface area contributed by atoms with Crippen molar-refractivity contribution in [2.75, 3.05) is 6.61 Å². The summed E-state index contributed by atoms with van der Waals surface area (Å²) in [7, 11) is 0. The van der Waals surface area contributed by atoms with Gasteiger partial charge in [0, 0.05) is 16.6 Å². The lowest BCUT2D eigenvalue weighted by atomic mass is 9.89. The number of rotatable bonds is 4. The molecule has 1 aromatic rings. The van der Waals surface area contributed by atoms with Crippen LogP contribution in [-0.2, 0) is 9.59 Å². The number of amides is 1. The maximum atomic E-state index is 12.3. The van der Waals surface area contributed by atoms with Gasteiger partial charge in [-0.25, -0.2) is 0 Å². The van der Waals surface area contributed by atoms with Crippen molar-refractivity contribution >= 4 is 27.8 Å². The van der Waals surface area contributed by atoms with E-state index < -0.39 is 11.9 Å². The van der Waals surface area contributed by atoms with Crippen molar-refractivity contribution in [3.8, 4) is 5.75 Å². The Morgan fingerprint density at radius 2 is 2.19 bits per heavy atom. The van der Waals surface area contributed by atoms with E-state index in [0.717, 1.165) is 17.3 Å². The molecule has 0 aliphatic carbocycles. The number of fused-ring (bicyclic) bond motifs is 2. The molecular formula is C15H16BrNO4. The molecule has 5 nitrogen and oxygen atoms in total. The van der Waals surface area contributed by atoms with Crippen molar-refractivity contribution in [3.63, 3.8) is 0 Å². The largest absolute Gasteiger partial charge is 0.484 e. The van der Waals surface area contributed by atoms with E-state index >= 15 is 0 Å². The number of hydrogen-bond acceptors (Lipinski definition) is 3. The standard InChI is InChI=1S/C15H16BrNO4/c16-9-2-1-3-11(6-9)21-8-14(18)17-10-4-5-13(17)12(7-10)15(19)20/h1-3,6,10,12-13H,4-5,7-8H2,(H,19,20). The molecule has 2 bridgehead atoms. The zero-order valence-electron chi connectivity index (χ0n) is 11.4. The maximum Gasteiger partial charge on any atom is 0.308 e. The highest BCUT2D eigenvalue weighted by molar-refractivity contribution is 9.10. The van der Waals surface area contributed by atoms with Crippen molar-refractivity contribution in [2.24, 2.45) is 5.92 Å². The number of ether oxygens (including phenoxy) is 1. The van der Waals surface area contributed by atoms with Crippen molar-refractivity contribution in [1.29, 1.82) is 0 Å². The average molecular weight is 354 g/mol. The molecule has 2 saturated heterocycles. The van der Waals surface area contributed by atoms with Gasteiger partial charge in [-0.2, -0.15) is 0 Å². The molecule has 3 unspecified atom stereocenters. The molecular weight excluding hydrogens is 338 g/mol. The molecule has 0 spiro atoms. The van der Waals surface area contributed by atoms with Gasteiger partial charge in [0.15, 0.2) is 6.61 Å². The lowest BCUT2D eigenvalue weighted by Crippen LogP contribution is -2.40. The third-order valence-corrected chi connectivity index (χ3v) is 4.79. The number of carbonyl (C=O) groups excluding carboxylic acids is 1. The zero-order chi connectivity index (χ0) is 15.0. The van der Waals surface area contributed by atoms with Crippen LogP contribution in [0.2, 0.25) is 0 Å². The Bertz CT molecular complexity index is 577. The highest BCUT2D eigenvalue weighted by Crippen LogP contribution is 2.41. The van der Waals surface area contributed by atoms with Crippen molar-refractivity contribution in [2.45, 2.75) is 31.3 Å². The molecule has 0 saturated carbocycles. The van der Waals surface area contributed by atoms with Gasteiger partial charge in [0.25, 0.3) is 5.91 Å². The molecule has 0 radical (unpaired) electrons. The summed E-state index contributed by atoms with van der Waals surface area (Å²) in [6.07, 6.45) is 2.25. The molecule has 112 valence electrons. The minimum atomic E-state index is -0.798. The first-order valence-corrected chi connectivity index (χ1v) is 7.78. The summed E-state index contributed by atoms with van der Waals surface area (Å²) in [6, 6.07) is 7.21. The highest BCUT2D eigenvalue weighted by atomic mass is 79.9. The van der Waals surface area contributed by atoms with Gasteiger partial charge in [-0.1, -0.05) is 22.0 Å². The van der Waals surface area contributed by atoms with Crippen LogP contribution < -0.4 is 4.74 Å². The Kier molecular flexibility index (Phi) is 3.89. The minimum absolute atomic E-state index is 0.0458. The summed E-state index contributed by atoms with van der Waals surface area (Å²) in [5, 5.41) is 9.20. The van der Waals surface area contributed by atoms with Crippen molar-refractivity contribution in [3.05, 3.63) is 28.7 Å². The Morgan fingerprint density at radius 1 is 1.38 bits per heavy atom. The Morgan fingerprint density at radius 3 is 2.86 bits per heavy atom. The molecule has 3 rings (SSSR count). The molecule has 1 aromatic carbocycles. The molecule has 1 amide bonds. The van der Waals surface area contributed by atoms with E-state index in [4.69, 9.17) is 4.74 Å². The summed E-state index contributed by atoms with van der Waals surface area (Å²) in [6.45, 7) is -0.0458. The topological polar surface area (TPSA) is 66.8 Å². The van der Waals surface area contributed by atoms with Gasteiger partial charge in [0.2, 0.25) is 0 Å². The second kappa shape index (κ2) is 5.67. The summed E-state index contributed by atoms with van der Waals surface area (Å²) in [5.74, 6) is -0.711. The van der Waals surface area contributed by atoms with Crippen molar-refractivity contribution < 1.29 is 19.4 Å². The van der Waals surface area contributed by atoms with Crippen LogP contribution in [0.15, 0.2) is 28.7 Å². The predicted molar refractivity (Wildman–Crippen MR) is 79.0 cm³/mol. The van der Waals surface area contributed by atoms with E-state index in [1.54, 1.807) is 17.0 Å². The number of aliphatic carboxylic acids is 1. The van der Waals surface area contributed by atoms with E-state index in [1.807, 2.05) is 12.1 Å². The first kappa shape index (κ1) is 14.4. The van der Waals surface area contributed by atoms with Gasteiger partial charge in [0.05, 0.1) is 5.92 Å². The fraction of sp³-hybridized carbons (Fsp3) is 0.467. The minimum Gasteiger partial charge on any atom is -0.484 e. The van der Waals surface area contributed by atoms with Crippen LogP contribution in [0.3, 0.4) is 0 Å². The lowest BCUT2D eigenvalue weighted by Gasteiger charge is -2.23. The Labute approximate surface area is 131 Å². The number of halogens is 1. The predicted octanol–water partition coefficient (Wildman–Crippen LogP) is 2.29. The van der Waals surface area contributed by atoms with Crippen LogP contribution in [-0.4, -0.2) is 40.6 Å². The van der Waals surface area contributed by atoms with Crippen molar-refractivity contribution in [1.82, 2.24) is 4.90 Å². The first-order chi connectivity index (χ1) is 10.1. The monoisotopic (exact) mass is 353 g/mol.